The first-order valence-corrected chi connectivity index (χ1v) is 11.4. The SMILES string of the molecule is CC(=O)c1ccc(S(=O)(=O)N(C2CCOC(C)(C)C2)C(C)c2ccccc2)cc1. The number of hydrogen-bond acceptors (Lipinski definition) is 4. The van der Waals surface area contributed by atoms with Gasteiger partial charge in [-0.2, -0.15) is 4.31 Å². The number of ketones is 1. The van der Waals surface area contributed by atoms with E-state index >= 15 is 0 Å². The van der Waals surface area contributed by atoms with Gasteiger partial charge in [-0.05, 0) is 58.2 Å². The summed E-state index contributed by atoms with van der Waals surface area (Å²) in [6, 6.07) is 15.4. The maximum Gasteiger partial charge on any atom is 0.243 e. The van der Waals surface area contributed by atoms with E-state index in [9.17, 15) is 13.2 Å². The second kappa shape index (κ2) is 8.38. The van der Waals surface area contributed by atoms with E-state index in [1.54, 1.807) is 16.4 Å². The van der Waals surface area contributed by atoms with Gasteiger partial charge < -0.3 is 4.74 Å². The molecule has 1 aliphatic rings. The van der Waals surface area contributed by atoms with Crippen LogP contribution in [0.2, 0.25) is 0 Å². The van der Waals surface area contributed by atoms with Crippen molar-refractivity contribution in [3.63, 3.8) is 0 Å². The van der Waals surface area contributed by atoms with Crippen LogP contribution in [0, 0.1) is 0 Å². The van der Waals surface area contributed by atoms with Gasteiger partial charge in [0.2, 0.25) is 10.0 Å². The Labute approximate surface area is 173 Å². The molecule has 1 aliphatic heterocycles. The van der Waals surface area contributed by atoms with E-state index in [1.165, 1.54) is 19.1 Å². The van der Waals surface area contributed by atoms with Crippen LogP contribution in [0.4, 0.5) is 0 Å². The molecule has 0 amide bonds. The Balaban J connectivity index is 2.04. The molecule has 1 saturated heterocycles. The van der Waals surface area contributed by atoms with E-state index in [2.05, 4.69) is 0 Å². The number of Topliss-reactive ketones (excluding diaryl/α,β-unsaturated/α-hetero) is 1. The number of carbonyl (C=O) groups is 1. The van der Waals surface area contributed by atoms with Crippen LogP contribution in [-0.2, 0) is 14.8 Å². The third-order valence-corrected chi connectivity index (χ3v) is 7.57. The van der Waals surface area contributed by atoms with Crippen molar-refractivity contribution >= 4 is 15.8 Å². The summed E-state index contributed by atoms with van der Waals surface area (Å²) in [6.45, 7) is 7.92. The fourth-order valence-corrected chi connectivity index (χ4v) is 5.83. The normalized spacial score (nSPS) is 20.4. The van der Waals surface area contributed by atoms with Crippen molar-refractivity contribution in [2.75, 3.05) is 6.61 Å². The zero-order valence-corrected chi connectivity index (χ0v) is 18.3. The Morgan fingerprint density at radius 1 is 1.10 bits per heavy atom. The van der Waals surface area contributed by atoms with Gasteiger partial charge >= 0.3 is 0 Å². The molecular formula is C23H29NO4S. The summed E-state index contributed by atoms with van der Waals surface area (Å²) in [7, 11) is -3.77. The van der Waals surface area contributed by atoms with Crippen LogP contribution in [-0.4, -0.2) is 36.8 Å². The molecule has 3 rings (SSSR count). The maximum atomic E-state index is 13.7. The van der Waals surface area contributed by atoms with Crippen LogP contribution in [0.5, 0.6) is 0 Å². The highest BCUT2D eigenvalue weighted by molar-refractivity contribution is 7.89. The fourth-order valence-electron chi connectivity index (χ4n) is 4.00. The molecule has 2 aromatic carbocycles. The van der Waals surface area contributed by atoms with E-state index in [0.717, 1.165) is 5.56 Å². The van der Waals surface area contributed by atoms with E-state index in [1.807, 2.05) is 51.1 Å². The summed E-state index contributed by atoms with van der Waals surface area (Å²) in [5.41, 5.74) is 1.06. The number of hydrogen-bond donors (Lipinski definition) is 0. The number of ether oxygens (including phenoxy) is 1. The summed E-state index contributed by atoms with van der Waals surface area (Å²) in [5.74, 6) is -0.0883. The third kappa shape index (κ3) is 4.77. The van der Waals surface area contributed by atoms with E-state index < -0.39 is 10.0 Å². The van der Waals surface area contributed by atoms with Gasteiger partial charge in [-0.1, -0.05) is 42.5 Å². The third-order valence-electron chi connectivity index (χ3n) is 5.53. The van der Waals surface area contributed by atoms with Crippen LogP contribution in [0.15, 0.2) is 59.5 Å². The first kappa shape index (κ1) is 21.7. The summed E-state index contributed by atoms with van der Waals surface area (Å²) in [4.78, 5) is 11.8. The van der Waals surface area contributed by atoms with Gasteiger partial charge in [0.15, 0.2) is 5.78 Å². The lowest BCUT2D eigenvalue weighted by Gasteiger charge is -2.43. The van der Waals surface area contributed by atoms with Crippen LogP contribution in [0.1, 0.15) is 62.5 Å². The predicted octanol–water partition coefficient (Wildman–Crippen LogP) is 4.60. The molecule has 2 aromatic rings. The number of benzene rings is 2. The molecule has 0 aromatic heterocycles. The van der Waals surface area contributed by atoms with Gasteiger partial charge in [-0.3, -0.25) is 4.79 Å². The van der Waals surface area contributed by atoms with E-state index in [0.29, 0.717) is 25.0 Å². The lowest BCUT2D eigenvalue weighted by Crippen LogP contribution is -2.49. The average molecular weight is 416 g/mol. The highest BCUT2D eigenvalue weighted by Gasteiger charge is 2.41. The van der Waals surface area contributed by atoms with Gasteiger partial charge in [0, 0.05) is 24.3 Å². The maximum absolute atomic E-state index is 13.7. The molecule has 6 heteroatoms. The fraction of sp³-hybridized carbons (Fsp3) is 0.435. The van der Waals surface area contributed by atoms with Crippen LogP contribution in [0.3, 0.4) is 0 Å². The van der Waals surface area contributed by atoms with E-state index in [-0.39, 0.29) is 28.4 Å². The van der Waals surface area contributed by atoms with Crippen LogP contribution >= 0.6 is 0 Å². The summed E-state index contributed by atoms with van der Waals surface area (Å²) >= 11 is 0. The van der Waals surface area contributed by atoms with Crippen molar-refractivity contribution in [1.29, 1.82) is 0 Å². The van der Waals surface area contributed by atoms with Gasteiger partial charge in [0.25, 0.3) is 0 Å². The predicted molar refractivity (Wildman–Crippen MR) is 113 cm³/mol. The number of rotatable bonds is 6. The number of carbonyl (C=O) groups excluding carboxylic acids is 1. The lowest BCUT2D eigenvalue weighted by atomic mass is 9.93. The summed E-state index contributed by atoms with van der Waals surface area (Å²) < 4.78 is 34.9. The molecule has 156 valence electrons. The molecular weight excluding hydrogens is 386 g/mol. The molecule has 1 fully saturated rings. The number of sulfonamides is 1. The van der Waals surface area contributed by atoms with Gasteiger partial charge in [-0.15, -0.1) is 0 Å². The van der Waals surface area contributed by atoms with Crippen LogP contribution in [0.25, 0.3) is 0 Å². The molecule has 0 radical (unpaired) electrons. The standard InChI is InChI=1S/C23H29NO4S/c1-17(19-8-6-5-7-9-19)24(21-14-15-28-23(3,4)16-21)29(26,27)22-12-10-20(11-13-22)18(2)25/h5-13,17,21H,14-16H2,1-4H3. The first-order valence-electron chi connectivity index (χ1n) is 9.95. The average Bonchev–Trinajstić information content (AvgIpc) is 2.68. The molecule has 0 spiro atoms. The Bertz CT molecular complexity index is 952. The topological polar surface area (TPSA) is 63.7 Å². The van der Waals surface area contributed by atoms with Gasteiger partial charge in [-0.25, -0.2) is 8.42 Å². The van der Waals surface area contributed by atoms with Gasteiger partial charge in [0.05, 0.1) is 10.5 Å². The van der Waals surface area contributed by atoms with Crippen molar-refractivity contribution in [2.45, 2.75) is 63.1 Å². The Kier molecular flexibility index (Phi) is 6.27. The molecule has 0 aliphatic carbocycles. The summed E-state index contributed by atoms with van der Waals surface area (Å²) in [6.07, 6.45) is 1.26. The lowest BCUT2D eigenvalue weighted by molar-refractivity contribution is -0.0758. The highest BCUT2D eigenvalue weighted by Crippen LogP contribution is 2.36. The largest absolute Gasteiger partial charge is 0.375 e. The molecule has 2 atom stereocenters. The zero-order valence-electron chi connectivity index (χ0n) is 17.5. The first-order chi connectivity index (χ1) is 13.6. The number of nitrogens with zero attached hydrogens (tertiary/aromatic N) is 1. The van der Waals surface area contributed by atoms with Gasteiger partial charge in [0.1, 0.15) is 0 Å². The van der Waals surface area contributed by atoms with Crippen molar-refractivity contribution < 1.29 is 17.9 Å². The minimum absolute atomic E-state index is 0.0883. The van der Waals surface area contributed by atoms with E-state index in [4.69, 9.17) is 4.74 Å². The Morgan fingerprint density at radius 3 is 2.28 bits per heavy atom. The minimum Gasteiger partial charge on any atom is -0.375 e. The quantitative estimate of drug-likeness (QED) is 0.647. The molecule has 0 bridgehead atoms. The zero-order chi connectivity index (χ0) is 21.2. The molecule has 0 saturated carbocycles. The smallest absolute Gasteiger partial charge is 0.243 e. The second-order valence-electron chi connectivity index (χ2n) is 8.26. The summed E-state index contributed by atoms with van der Waals surface area (Å²) in [5, 5.41) is 0. The molecule has 2 unspecified atom stereocenters. The highest BCUT2D eigenvalue weighted by atomic mass is 32.2. The monoisotopic (exact) mass is 415 g/mol. The van der Waals surface area contributed by atoms with Crippen molar-refractivity contribution in [1.82, 2.24) is 4.31 Å². The Hall–Kier alpha value is -2.02. The van der Waals surface area contributed by atoms with Crippen molar-refractivity contribution in [2.24, 2.45) is 0 Å². The van der Waals surface area contributed by atoms with Crippen LogP contribution < -0.4 is 0 Å². The minimum atomic E-state index is -3.77. The van der Waals surface area contributed by atoms with Crippen molar-refractivity contribution in [3.05, 3.63) is 65.7 Å². The molecule has 1 heterocycles. The molecule has 29 heavy (non-hydrogen) atoms. The second-order valence-corrected chi connectivity index (χ2v) is 10.1. The molecule has 5 nitrogen and oxygen atoms in total. The Morgan fingerprint density at radius 2 is 1.72 bits per heavy atom. The molecule has 0 N–H and O–H groups in total. The van der Waals surface area contributed by atoms with Crippen molar-refractivity contribution in [3.8, 4) is 0 Å².